The molecule has 2 saturated heterocycles. The molecule has 0 N–H and O–H groups in total. The Hall–Kier alpha value is -1.35. The third kappa shape index (κ3) is 3.95. The van der Waals surface area contributed by atoms with Crippen molar-refractivity contribution in [1.82, 2.24) is 4.90 Å². The number of benzene rings is 1. The third-order valence-electron chi connectivity index (χ3n) is 5.56. The SMILES string of the molecule is CCC(C(=O)OCC1CCCN2CCCCC12)c1ccccc1. The molecule has 126 valence electrons. The van der Waals surface area contributed by atoms with E-state index in [-0.39, 0.29) is 11.9 Å². The van der Waals surface area contributed by atoms with Crippen LogP contribution in [-0.4, -0.2) is 36.6 Å². The predicted molar refractivity (Wildman–Crippen MR) is 92.4 cm³/mol. The summed E-state index contributed by atoms with van der Waals surface area (Å²) in [5.41, 5.74) is 1.07. The summed E-state index contributed by atoms with van der Waals surface area (Å²) < 4.78 is 5.77. The Kier molecular flexibility index (Phi) is 5.71. The quantitative estimate of drug-likeness (QED) is 0.770. The fourth-order valence-electron chi connectivity index (χ4n) is 4.29. The summed E-state index contributed by atoms with van der Waals surface area (Å²) in [6.45, 7) is 5.12. The summed E-state index contributed by atoms with van der Waals surface area (Å²) in [6, 6.07) is 10.7. The van der Waals surface area contributed by atoms with E-state index >= 15 is 0 Å². The maximum Gasteiger partial charge on any atom is 0.313 e. The lowest BCUT2D eigenvalue weighted by molar-refractivity contribution is -0.148. The first-order valence-corrected chi connectivity index (χ1v) is 9.25. The van der Waals surface area contributed by atoms with Crippen LogP contribution in [0, 0.1) is 5.92 Å². The van der Waals surface area contributed by atoms with Crippen molar-refractivity contribution in [3.05, 3.63) is 35.9 Å². The average molecular weight is 315 g/mol. The van der Waals surface area contributed by atoms with Gasteiger partial charge in [0.15, 0.2) is 0 Å². The molecule has 0 radical (unpaired) electrons. The Morgan fingerprint density at radius 3 is 2.74 bits per heavy atom. The van der Waals surface area contributed by atoms with Gasteiger partial charge in [-0.05, 0) is 50.8 Å². The zero-order chi connectivity index (χ0) is 16.1. The van der Waals surface area contributed by atoms with Crippen molar-refractivity contribution in [2.75, 3.05) is 19.7 Å². The number of hydrogen-bond donors (Lipinski definition) is 0. The zero-order valence-corrected chi connectivity index (χ0v) is 14.2. The standard InChI is InChI=1S/C20H29NO2/c1-2-18(16-9-4-3-5-10-16)20(22)23-15-17-11-8-14-21-13-7-6-12-19(17)21/h3-5,9-10,17-19H,2,6-8,11-15H2,1H3. The summed E-state index contributed by atoms with van der Waals surface area (Å²) >= 11 is 0. The second-order valence-electron chi connectivity index (χ2n) is 7.00. The van der Waals surface area contributed by atoms with Crippen LogP contribution in [0.2, 0.25) is 0 Å². The van der Waals surface area contributed by atoms with Crippen LogP contribution in [0.25, 0.3) is 0 Å². The highest BCUT2D eigenvalue weighted by atomic mass is 16.5. The molecule has 2 fully saturated rings. The highest BCUT2D eigenvalue weighted by Crippen LogP contribution is 2.31. The summed E-state index contributed by atoms with van der Waals surface area (Å²) in [7, 11) is 0. The van der Waals surface area contributed by atoms with Gasteiger partial charge in [-0.25, -0.2) is 0 Å². The van der Waals surface area contributed by atoms with Crippen LogP contribution < -0.4 is 0 Å². The first-order chi connectivity index (χ1) is 11.3. The molecule has 3 nitrogen and oxygen atoms in total. The molecule has 3 heteroatoms. The Morgan fingerprint density at radius 2 is 1.96 bits per heavy atom. The number of piperidine rings is 2. The van der Waals surface area contributed by atoms with Gasteiger partial charge in [0.05, 0.1) is 12.5 Å². The molecule has 1 aromatic rings. The fourth-order valence-corrected chi connectivity index (χ4v) is 4.29. The van der Waals surface area contributed by atoms with E-state index in [1.165, 1.54) is 45.2 Å². The minimum Gasteiger partial charge on any atom is -0.465 e. The highest BCUT2D eigenvalue weighted by Gasteiger charge is 2.34. The first kappa shape index (κ1) is 16.5. The van der Waals surface area contributed by atoms with Crippen LogP contribution in [0.1, 0.15) is 56.9 Å². The van der Waals surface area contributed by atoms with Gasteiger partial charge < -0.3 is 4.74 Å². The van der Waals surface area contributed by atoms with Crippen LogP contribution in [0.4, 0.5) is 0 Å². The molecule has 3 unspecified atom stereocenters. The Morgan fingerprint density at radius 1 is 1.17 bits per heavy atom. The predicted octanol–water partition coefficient (Wildman–Crippen LogP) is 3.99. The molecule has 3 rings (SSSR count). The number of nitrogens with zero attached hydrogens (tertiary/aromatic N) is 1. The lowest BCUT2D eigenvalue weighted by Crippen LogP contribution is -2.49. The smallest absolute Gasteiger partial charge is 0.313 e. The van der Waals surface area contributed by atoms with Crippen molar-refractivity contribution < 1.29 is 9.53 Å². The number of esters is 1. The minimum atomic E-state index is -0.123. The van der Waals surface area contributed by atoms with E-state index in [2.05, 4.69) is 11.8 Å². The number of rotatable bonds is 5. The summed E-state index contributed by atoms with van der Waals surface area (Å²) in [5.74, 6) is 0.357. The lowest BCUT2D eigenvalue weighted by Gasteiger charge is -2.44. The lowest BCUT2D eigenvalue weighted by atomic mass is 9.84. The normalized spacial score (nSPS) is 26.3. The minimum absolute atomic E-state index is 0.0494. The van der Waals surface area contributed by atoms with Crippen LogP contribution in [-0.2, 0) is 9.53 Å². The van der Waals surface area contributed by atoms with Crippen molar-refractivity contribution in [2.24, 2.45) is 5.92 Å². The van der Waals surface area contributed by atoms with Crippen LogP contribution in [0.5, 0.6) is 0 Å². The van der Waals surface area contributed by atoms with Crippen molar-refractivity contribution in [1.29, 1.82) is 0 Å². The summed E-state index contributed by atoms with van der Waals surface area (Å²) in [4.78, 5) is 15.2. The number of carbonyl (C=O) groups excluding carboxylic acids is 1. The van der Waals surface area contributed by atoms with Crippen LogP contribution in [0.3, 0.4) is 0 Å². The maximum atomic E-state index is 12.5. The van der Waals surface area contributed by atoms with Gasteiger partial charge in [0, 0.05) is 12.0 Å². The number of ether oxygens (including phenoxy) is 1. The molecule has 0 aromatic heterocycles. The van der Waals surface area contributed by atoms with Gasteiger partial charge in [-0.15, -0.1) is 0 Å². The molecule has 0 bridgehead atoms. The van der Waals surface area contributed by atoms with Gasteiger partial charge in [-0.1, -0.05) is 43.7 Å². The topological polar surface area (TPSA) is 29.5 Å². The second kappa shape index (κ2) is 7.96. The summed E-state index contributed by atoms with van der Waals surface area (Å²) in [6.07, 6.45) is 7.18. The van der Waals surface area contributed by atoms with Gasteiger partial charge in [0.1, 0.15) is 0 Å². The Labute approximate surface area is 140 Å². The van der Waals surface area contributed by atoms with Crippen molar-refractivity contribution in [3.8, 4) is 0 Å². The second-order valence-corrected chi connectivity index (χ2v) is 7.00. The monoisotopic (exact) mass is 315 g/mol. The van der Waals surface area contributed by atoms with Crippen molar-refractivity contribution in [3.63, 3.8) is 0 Å². The van der Waals surface area contributed by atoms with Gasteiger partial charge in [0.2, 0.25) is 0 Å². The molecule has 2 aliphatic heterocycles. The maximum absolute atomic E-state index is 12.5. The van der Waals surface area contributed by atoms with E-state index < -0.39 is 0 Å². The molecule has 0 spiro atoms. The molecule has 2 aliphatic rings. The molecule has 0 aliphatic carbocycles. The van der Waals surface area contributed by atoms with Crippen LogP contribution >= 0.6 is 0 Å². The molecule has 1 aromatic carbocycles. The van der Waals surface area contributed by atoms with E-state index in [0.717, 1.165) is 12.0 Å². The van der Waals surface area contributed by atoms with Crippen molar-refractivity contribution >= 4 is 5.97 Å². The van der Waals surface area contributed by atoms with E-state index in [1.54, 1.807) is 0 Å². The first-order valence-electron chi connectivity index (χ1n) is 9.25. The third-order valence-corrected chi connectivity index (χ3v) is 5.56. The van der Waals surface area contributed by atoms with E-state index in [0.29, 0.717) is 18.6 Å². The Bertz CT molecular complexity index is 500. The van der Waals surface area contributed by atoms with Gasteiger partial charge >= 0.3 is 5.97 Å². The number of carbonyl (C=O) groups is 1. The van der Waals surface area contributed by atoms with Gasteiger partial charge in [0.25, 0.3) is 0 Å². The van der Waals surface area contributed by atoms with Gasteiger partial charge in [-0.2, -0.15) is 0 Å². The van der Waals surface area contributed by atoms with Crippen LogP contribution in [0.15, 0.2) is 30.3 Å². The van der Waals surface area contributed by atoms with E-state index in [9.17, 15) is 4.79 Å². The zero-order valence-electron chi connectivity index (χ0n) is 14.2. The molecular weight excluding hydrogens is 286 g/mol. The molecule has 23 heavy (non-hydrogen) atoms. The largest absolute Gasteiger partial charge is 0.465 e. The average Bonchev–Trinajstić information content (AvgIpc) is 2.61. The molecular formula is C20H29NO2. The molecule has 0 saturated carbocycles. The molecule has 3 atom stereocenters. The molecule has 0 amide bonds. The fraction of sp³-hybridized carbons (Fsp3) is 0.650. The molecule has 2 heterocycles. The van der Waals surface area contributed by atoms with E-state index in [4.69, 9.17) is 4.74 Å². The Balaban J connectivity index is 1.57. The van der Waals surface area contributed by atoms with Gasteiger partial charge in [-0.3, -0.25) is 9.69 Å². The highest BCUT2D eigenvalue weighted by molar-refractivity contribution is 5.78. The number of hydrogen-bond acceptors (Lipinski definition) is 3. The summed E-state index contributed by atoms with van der Waals surface area (Å²) in [5, 5.41) is 0. The van der Waals surface area contributed by atoms with Crippen molar-refractivity contribution in [2.45, 2.75) is 57.4 Å². The van der Waals surface area contributed by atoms with E-state index in [1.807, 2.05) is 30.3 Å². The number of fused-ring (bicyclic) bond motifs is 1.